The lowest BCUT2D eigenvalue weighted by molar-refractivity contribution is -0.123. The van der Waals surface area contributed by atoms with E-state index < -0.39 is 24.5 Å². The number of rotatable bonds is 9. The van der Waals surface area contributed by atoms with Crippen LogP contribution in [0.5, 0.6) is 5.75 Å². The topological polar surface area (TPSA) is 123 Å². The van der Waals surface area contributed by atoms with Gasteiger partial charge in [-0.1, -0.05) is 24.3 Å². The highest BCUT2D eigenvalue weighted by molar-refractivity contribution is 6.02. The number of anilines is 1. The molecule has 0 atom stereocenters. The van der Waals surface area contributed by atoms with E-state index in [2.05, 4.69) is 10.6 Å². The van der Waals surface area contributed by atoms with Gasteiger partial charge in [0.2, 0.25) is 5.91 Å². The molecule has 0 saturated carbocycles. The number of nitrogens with one attached hydrogen (secondary N) is 3. The molecule has 2 rings (SSSR count). The first-order valence-corrected chi connectivity index (χ1v) is 9.69. The van der Waals surface area contributed by atoms with Gasteiger partial charge in [0, 0.05) is 13.0 Å². The lowest BCUT2D eigenvalue weighted by Crippen LogP contribution is -2.41. The molecule has 0 aliphatic rings. The van der Waals surface area contributed by atoms with Gasteiger partial charge in [0.25, 0.3) is 5.91 Å². The Balaban J connectivity index is 1.89. The number of ether oxygens (including phenoxy) is 2. The summed E-state index contributed by atoms with van der Waals surface area (Å²) in [6.07, 6.45) is 0.729. The molecule has 31 heavy (non-hydrogen) atoms. The minimum absolute atomic E-state index is 0.103. The third-order valence-electron chi connectivity index (χ3n) is 4.15. The van der Waals surface area contributed by atoms with Gasteiger partial charge in [0.1, 0.15) is 5.75 Å². The number of aryl methyl sites for hydroxylation is 1. The molecule has 9 heteroatoms. The number of benzene rings is 2. The van der Waals surface area contributed by atoms with E-state index in [0.29, 0.717) is 13.0 Å². The predicted octanol–water partition coefficient (Wildman–Crippen LogP) is 2.27. The fourth-order valence-corrected chi connectivity index (χ4v) is 2.61. The van der Waals surface area contributed by atoms with Gasteiger partial charge < -0.3 is 20.1 Å². The smallest absolute Gasteiger partial charge is 0.340 e. The molecule has 0 fully saturated rings. The highest BCUT2D eigenvalue weighted by Gasteiger charge is 2.16. The molecule has 3 N–H and O–H groups in total. The van der Waals surface area contributed by atoms with Crippen molar-refractivity contribution >= 4 is 29.5 Å². The SMILES string of the molecule is CCNC(=O)NC(=O)COC(=O)c1ccccc1NC(=O)CCc1ccc(OC)cc1. The van der Waals surface area contributed by atoms with Crippen LogP contribution in [0.4, 0.5) is 10.5 Å². The number of esters is 1. The number of carbonyl (C=O) groups excluding carboxylic acids is 4. The van der Waals surface area contributed by atoms with Gasteiger partial charge in [-0.15, -0.1) is 0 Å². The Labute approximate surface area is 180 Å². The predicted molar refractivity (Wildman–Crippen MR) is 114 cm³/mol. The van der Waals surface area contributed by atoms with E-state index in [1.807, 2.05) is 29.6 Å². The second kappa shape index (κ2) is 12.0. The molecular weight excluding hydrogens is 402 g/mol. The summed E-state index contributed by atoms with van der Waals surface area (Å²) in [7, 11) is 1.58. The normalized spacial score (nSPS) is 10.0. The zero-order valence-corrected chi connectivity index (χ0v) is 17.4. The van der Waals surface area contributed by atoms with Gasteiger partial charge in [-0.05, 0) is 43.2 Å². The molecule has 0 radical (unpaired) electrons. The number of para-hydroxylation sites is 1. The van der Waals surface area contributed by atoms with E-state index in [1.165, 1.54) is 6.07 Å². The van der Waals surface area contributed by atoms with Crippen LogP contribution in [0.3, 0.4) is 0 Å². The zero-order chi connectivity index (χ0) is 22.6. The first-order chi connectivity index (χ1) is 14.9. The van der Waals surface area contributed by atoms with E-state index in [-0.39, 0.29) is 23.6 Å². The highest BCUT2D eigenvalue weighted by atomic mass is 16.5. The summed E-state index contributed by atoms with van der Waals surface area (Å²) in [5.41, 5.74) is 1.35. The Bertz CT molecular complexity index is 927. The summed E-state index contributed by atoms with van der Waals surface area (Å²) in [5.74, 6) is -1.09. The van der Waals surface area contributed by atoms with Gasteiger partial charge in [-0.2, -0.15) is 0 Å². The Morgan fingerprint density at radius 1 is 0.935 bits per heavy atom. The van der Waals surface area contributed by atoms with E-state index in [0.717, 1.165) is 11.3 Å². The monoisotopic (exact) mass is 427 g/mol. The van der Waals surface area contributed by atoms with Crippen molar-refractivity contribution in [1.82, 2.24) is 10.6 Å². The number of imide groups is 1. The Morgan fingerprint density at radius 3 is 2.32 bits per heavy atom. The lowest BCUT2D eigenvalue weighted by atomic mass is 10.1. The molecule has 0 bridgehead atoms. The molecule has 2 aromatic rings. The van der Waals surface area contributed by atoms with E-state index in [1.54, 1.807) is 32.2 Å². The number of carbonyl (C=O) groups is 4. The zero-order valence-electron chi connectivity index (χ0n) is 17.4. The molecule has 9 nitrogen and oxygen atoms in total. The molecule has 0 unspecified atom stereocenters. The maximum Gasteiger partial charge on any atom is 0.340 e. The van der Waals surface area contributed by atoms with Crippen molar-refractivity contribution in [2.45, 2.75) is 19.8 Å². The highest BCUT2D eigenvalue weighted by Crippen LogP contribution is 2.17. The summed E-state index contributed by atoms with van der Waals surface area (Å²) in [5, 5.41) is 7.11. The van der Waals surface area contributed by atoms with Crippen LogP contribution in [-0.4, -0.2) is 44.1 Å². The third kappa shape index (κ3) is 7.81. The molecule has 0 aliphatic heterocycles. The Morgan fingerprint density at radius 2 is 1.65 bits per heavy atom. The van der Waals surface area contributed by atoms with Crippen LogP contribution in [0.25, 0.3) is 0 Å². The number of hydrogen-bond donors (Lipinski definition) is 3. The van der Waals surface area contributed by atoms with Gasteiger partial charge in [-0.3, -0.25) is 14.9 Å². The second-order valence-electron chi connectivity index (χ2n) is 6.43. The van der Waals surface area contributed by atoms with E-state index in [9.17, 15) is 19.2 Å². The van der Waals surface area contributed by atoms with Gasteiger partial charge in [-0.25, -0.2) is 9.59 Å². The minimum Gasteiger partial charge on any atom is -0.497 e. The number of amides is 4. The Kier molecular flexibility index (Phi) is 9.03. The summed E-state index contributed by atoms with van der Waals surface area (Å²) in [6.45, 7) is 1.42. The fraction of sp³-hybridized carbons (Fsp3) is 0.273. The maximum atomic E-state index is 12.3. The molecular formula is C22H25N3O6. The van der Waals surface area contributed by atoms with Crippen LogP contribution in [-0.2, 0) is 20.7 Å². The molecule has 0 aliphatic carbocycles. The maximum absolute atomic E-state index is 12.3. The van der Waals surface area contributed by atoms with E-state index in [4.69, 9.17) is 9.47 Å². The largest absolute Gasteiger partial charge is 0.497 e. The van der Waals surface area contributed by atoms with Crippen LogP contribution in [0.2, 0.25) is 0 Å². The molecule has 0 saturated heterocycles. The van der Waals surface area contributed by atoms with Crippen molar-refractivity contribution in [2.75, 3.05) is 25.6 Å². The van der Waals surface area contributed by atoms with Crippen molar-refractivity contribution in [1.29, 1.82) is 0 Å². The van der Waals surface area contributed by atoms with Crippen LogP contribution in [0, 0.1) is 0 Å². The molecule has 164 valence electrons. The minimum atomic E-state index is -0.794. The van der Waals surface area contributed by atoms with Gasteiger partial charge >= 0.3 is 12.0 Å². The van der Waals surface area contributed by atoms with Crippen molar-refractivity contribution in [3.8, 4) is 5.75 Å². The molecule has 0 spiro atoms. The Hall–Kier alpha value is -3.88. The third-order valence-corrected chi connectivity index (χ3v) is 4.15. The second-order valence-corrected chi connectivity index (χ2v) is 6.43. The van der Waals surface area contributed by atoms with Crippen LogP contribution in [0.15, 0.2) is 48.5 Å². The van der Waals surface area contributed by atoms with Gasteiger partial charge in [0.05, 0.1) is 18.4 Å². The van der Waals surface area contributed by atoms with Crippen LogP contribution in [0.1, 0.15) is 29.3 Å². The summed E-state index contributed by atoms with van der Waals surface area (Å²) >= 11 is 0. The fourth-order valence-electron chi connectivity index (χ4n) is 2.61. The number of urea groups is 1. The van der Waals surface area contributed by atoms with Crippen molar-refractivity contribution in [3.05, 3.63) is 59.7 Å². The molecule has 2 aromatic carbocycles. The van der Waals surface area contributed by atoms with Gasteiger partial charge in [0.15, 0.2) is 6.61 Å². The van der Waals surface area contributed by atoms with E-state index >= 15 is 0 Å². The molecule has 0 aromatic heterocycles. The molecule has 0 heterocycles. The standard InChI is InChI=1S/C22H25N3O6/c1-3-23-22(29)25-20(27)14-31-21(28)17-6-4-5-7-18(17)24-19(26)13-10-15-8-11-16(30-2)12-9-15/h4-9,11-12H,3,10,13-14H2,1-2H3,(H,24,26)(H2,23,25,27,29). The molecule has 4 amide bonds. The summed E-state index contributed by atoms with van der Waals surface area (Å²) in [4.78, 5) is 47.6. The number of hydrogen-bond acceptors (Lipinski definition) is 6. The van der Waals surface area contributed by atoms with Crippen LogP contribution < -0.4 is 20.7 Å². The lowest BCUT2D eigenvalue weighted by Gasteiger charge is -2.11. The number of methoxy groups -OCH3 is 1. The first-order valence-electron chi connectivity index (χ1n) is 9.69. The van der Waals surface area contributed by atoms with Crippen molar-refractivity contribution < 1.29 is 28.7 Å². The van der Waals surface area contributed by atoms with Crippen molar-refractivity contribution in [2.24, 2.45) is 0 Å². The summed E-state index contributed by atoms with van der Waals surface area (Å²) in [6, 6.07) is 13.0. The van der Waals surface area contributed by atoms with Crippen molar-refractivity contribution in [3.63, 3.8) is 0 Å². The quantitative estimate of drug-likeness (QED) is 0.528. The summed E-state index contributed by atoms with van der Waals surface area (Å²) < 4.78 is 10.1. The van der Waals surface area contributed by atoms with Crippen LogP contribution >= 0.6 is 0 Å². The first kappa shape index (κ1) is 23.4. The average molecular weight is 427 g/mol. The average Bonchev–Trinajstić information content (AvgIpc) is 2.77.